The number of carbonyl (C=O) groups is 2. The summed E-state index contributed by atoms with van der Waals surface area (Å²) in [4.78, 5) is 23.6. The maximum atomic E-state index is 11.9. The van der Waals surface area contributed by atoms with Crippen LogP contribution < -0.4 is 0 Å². The van der Waals surface area contributed by atoms with E-state index in [4.69, 9.17) is 0 Å². The molecule has 0 N–H and O–H groups in total. The van der Waals surface area contributed by atoms with Gasteiger partial charge in [-0.3, -0.25) is 9.59 Å². The van der Waals surface area contributed by atoms with Crippen molar-refractivity contribution >= 4 is 11.6 Å². The molecule has 0 aromatic rings. The molecule has 2 fully saturated rings. The smallest absolute Gasteiger partial charge is 0.146 e. The molecule has 2 saturated carbocycles. The summed E-state index contributed by atoms with van der Waals surface area (Å²) in [5, 5.41) is 0. The van der Waals surface area contributed by atoms with E-state index in [2.05, 4.69) is 0 Å². The second-order valence-electron chi connectivity index (χ2n) is 5.46. The highest BCUT2D eigenvalue weighted by Gasteiger charge is 2.45. The minimum Gasteiger partial charge on any atom is -0.299 e. The van der Waals surface area contributed by atoms with Gasteiger partial charge in [-0.15, -0.1) is 0 Å². The molecule has 2 heteroatoms. The molecule has 2 nitrogen and oxygen atoms in total. The molecule has 0 spiro atoms. The van der Waals surface area contributed by atoms with Crippen molar-refractivity contribution < 1.29 is 9.59 Å². The van der Waals surface area contributed by atoms with Crippen LogP contribution in [-0.2, 0) is 9.59 Å². The zero-order valence-corrected chi connectivity index (χ0v) is 9.55. The van der Waals surface area contributed by atoms with Crippen LogP contribution in [-0.4, -0.2) is 11.6 Å². The van der Waals surface area contributed by atoms with Crippen molar-refractivity contribution in [3.05, 3.63) is 0 Å². The fourth-order valence-electron chi connectivity index (χ4n) is 2.41. The molecule has 0 heterocycles. The molecule has 2 rings (SSSR count). The van der Waals surface area contributed by atoms with Crippen molar-refractivity contribution in [2.45, 2.75) is 58.3 Å². The van der Waals surface area contributed by atoms with Crippen LogP contribution >= 0.6 is 0 Å². The maximum absolute atomic E-state index is 11.9. The summed E-state index contributed by atoms with van der Waals surface area (Å²) in [5.74, 6) is 0.607. The number of hydrogen-bond donors (Lipinski definition) is 0. The van der Waals surface area contributed by atoms with E-state index in [-0.39, 0.29) is 29.3 Å². The normalized spacial score (nSPS) is 24.9. The van der Waals surface area contributed by atoms with Crippen LogP contribution in [0.1, 0.15) is 58.3 Å². The molecule has 2 aliphatic carbocycles. The molecule has 0 amide bonds. The number of rotatable bonds is 4. The molecule has 0 unspecified atom stereocenters. The fourth-order valence-corrected chi connectivity index (χ4v) is 2.41. The quantitative estimate of drug-likeness (QED) is 0.666. The lowest BCUT2D eigenvalue weighted by Gasteiger charge is -2.20. The molecule has 0 aromatic carbocycles. The summed E-state index contributed by atoms with van der Waals surface area (Å²) < 4.78 is 0. The SMILES string of the molecule is CC1(C(=O)CC(=O)C2CCCCC2)CC1. The van der Waals surface area contributed by atoms with E-state index in [0.717, 1.165) is 25.7 Å². The van der Waals surface area contributed by atoms with E-state index < -0.39 is 0 Å². The highest BCUT2D eigenvalue weighted by molar-refractivity contribution is 6.03. The summed E-state index contributed by atoms with van der Waals surface area (Å²) in [6.45, 7) is 1.99. The second kappa shape index (κ2) is 4.07. The van der Waals surface area contributed by atoms with Crippen molar-refractivity contribution in [2.75, 3.05) is 0 Å². The van der Waals surface area contributed by atoms with Gasteiger partial charge in [-0.1, -0.05) is 26.2 Å². The maximum Gasteiger partial charge on any atom is 0.146 e. The Morgan fingerprint density at radius 2 is 1.73 bits per heavy atom. The minimum atomic E-state index is -0.121. The number of ketones is 2. The van der Waals surface area contributed by atoms with Gasteiger partial charge in [-0.2, -0.15) is 0 Å². The average Bonchev–Trinajstić information content (AvgIpc) is 2.99. The summed E-state index contributed by atoms with van der Waals surface area (Å²) >= 11 is 0. The first-order chi connectivity index (χ1) is 7.12. The molecular formula is C13H20O2. The van der Waals surface area contributed by atoms with E-state index >= 15 is 0 Å². The molecule has 0 aliphatic heterocycles. The third-order valence-corrected chi connectivity index (χ3v) is 4.07. The Morgan fingerprint density at radius 3 is 2.27 bits per heavy atom. The zero-order chi connectivity index (χ0) is 10.9. The fraction of sp³-hybridized carbons (Fsp3) is 0.846. The lowest BCUT2D eigenvalue weighted by molar-refractivity contribution is -0.132. The predicted octanol–water partition coefficient (Wildman–Crippen LogP) is 2.90. The van der Waals surface area contributed by atoms with Crippen LogP contribution in [0.15, 0.2) is 0 Å². The Bertz CT molecular complexity index is 270. The Hall–Kier alpha value is -0.660. The van der Waals surface area contributed by atoms with Crippen LogP contribution in [0.5, 0.6) is 0 Å². The van der Waals surface area contributed by atoms with Crippen molar-refractivity contribution in [1.29, 1.82) is 0 Å². The van der Waals surface area contributed by atoms with E-state index in [1.54, 1.807) is 0 Å². The molecular weight excluding hydrogens is 188 g/mol. The molecule has 15 heavy (non-hydrogen) atoms. The number of hydrogen-bond acceptors (Lipinski definition) is 2. The summed E-state index contributed by atoms with van der Waals surface area (Å²) in [6.07, 6.45) is 7.82. The van der Waals surface area contributed by atoms with E-state index in [1.165, 1.54) is 19.3 Å². The molecule has 0 bridgehead atoms. The molecule has 0 aromatic heterocycles. The Kier molecular flexibility index (Phi) is 2.94. The summed E-state index contributed by atoms with van der Waals surface area (Å²) in [6, 6.07) is 0. The first-order valence-electron chi connectivity index (χ1n) is 6.18. The average molecular weight is 208 g/mol. The number of Topliss-reactive ketones (excluding diaryl/α,β-unsaturated/α-hetero) is 2. The van der Waals surface area contributed by atoms with Gasteiger partial charge in [-0.05, 0) is 25.7 Å². The predicted molar refractivity (Wildman–Crippen MR) is 58.5 cm³/mol. The molecule has 84 valence electrons. The second-order valence-corrected chi connectivity index (χ2v) is 5.46. The standard InChI is InChI=1S/C13H20O2/c1-13(7-8-13)12(15)9-11(14)10-5-3-2-4-6-10/h10H,2-9H2,1H3. The highest BCUT2D eigenvalue weighted by Crippen LogP contribution is 2.46. The van der Waals surface area contributed by atoms with Gasteiger partial charge in [-0.25, -0.2) is 0 Å². The van der Waals surface area contributed by atoms with Crippen molar-refractivity contribution in [1.82, 2.24) is 0 Å². The molecule has 2 aliphatic rings. The molecule has 0 saturated heterocycles. The van der Waals surface area contributed by atoms with Crippen LogP contribution in [0.3, 0.4) is 0 Å². The zero-order valence-electron chi connectivity index (χ0n) is 9.55. The molecule has 0 radical (unpaired) electrons. The van der Waals surface area contributed by atoms with Gasteiger partial charge in [0.05, 0.1) is 6.42 Å². The minimum absolute atomic E-state index is 0.121. The van der Waals surface area contributed by atoms with Crippen LogP contribution in [0, 0.1) is 11.3 Å². The Balaban J connectivity index is 1.83. The van der Waals surface area contributed by atoms with Gasteiger partial charge >= 0.3 is 0 Å². The summed E-state index contributed by atoms with van der Waals surface area (Å²) in [5.41, 5.74) is -0.121. The largest absolute Gasteiger partial charge is 0.299 e. The van der Waals surface area contributed by atoms with Crippen molar-refractivity contribution in [2.24, 2.45) is 11.3 Å². The monoisotopic (exact) mass is 208 g/mol. The lowest BCUT2D eigenvalue weighted by Crippen LogP contribution is -2.23. The van der Waals surface area contributed by atoms with Gasteiger partial charge in [0, 0.05) is 11.3 Å². The third-order valence-electron chi connectivity index (χ3n) is 4.07. The van der Waals surface area contributed by atoms with E-state index in [1.807, 2.05) is 6.92 Å². The first-order valence-corrected chi connectivity index (χ1v) is 6.18. The lowest BCUT2D eigenvalue weighted by atomic mass is 9.83. The van der Waals surface area contributed by atoms with Gasteiger partial charge in [0.25, 0.3) is 0 Å². The van der Waals surface area contributed by atoms with Gasteiger partial charge < -0.3 is 0 Å². The molecule has 0 atom stereocenters. The van der Waals surface area contributed by atoms with Crippen LogP contribution in [0.2, 0.25) is 0 Å². The first kappa shape index (κ1) is 10.8. The Morgan fingerprint density at radius 1 is 1.13 bits per heavy atom. The van der Waals surface area contributed by atoms with E-state index in [0.29, 0.717) is 0 Å². The van der Waals surface area contributed by atoms with Gasteiger partial charge in [0.15, 0.2) is 0 Å². The van der Waals surface area contributed by atoms with E-state index in [9.17, 15) is 9.59 Å². The highest BCUT2D eigenvalue weighted by atomic mass is 16.1. The third kappa shape index (κ3) is 2.47. The van der Waals surface area contributed by atoms with Crippen LogP contribution in [0.25, 0.3) is 0 Å². The van der Waals surface area contributed by atoms with Gasteiger partial charge in [0.1, 0.15) is 11.6 Å². The van der Waals surface area contributed by atoms with Crippen LogP contribution in [0.4, 0.5) is 0 Å². The van der Waals surface area contributed by atoms with Gasteiger partial charge in [0.2, 0.25) is 0 Å². The topological polar surface area (TPSA) is 34.1 Å². The summed E-state index contributed by atoms with van der Waals surface area (Å²) in [7, 11) is 0. The Labute approximate surface area is 91.4 Å². The number of carbonyl (C=O) groups excluding carboxylic acids is 2. The van der Waals surface area contributed by atoms with Crippen molar-refractivity contribution in [3.8, 4) is 0 Å². The van der Waals surface area contributed by atoms with Crippen molar-refractivity contribution in [3.63, 3.8) is 0 Å².